The summed E-state index contributed by atoms with van der Waals surface area (Å²) in [6.45, 7) is 6.22. The number of hydrogen-bond acceptors (Lipinski definition) is 4. The molecule has 1 saturated carbocycles. The highest BCUT2D eigenvalue weighted by Gasteiger charge is 2.22. The van der Waals surface area contributed by atoms with E-state index in [9.17, 15) is 0 Å². The summed E-state index contributed by atoms with van der Waals surface area (Å²) in [6.07, 6.45) is 4.78. The summed E-state index contributed by atoms with van der Waals surface area (Å²) in [5.41, 5.74) is 4.32. The number of aryl methyl sites for hydroxylation is 2. The standard InChI is InChI=1S/C18H24N4/c1-4-15(16-10-5-7-12(2)19-16)21-18-20-13(3)11-17(22-18)14-8-6-9-14/h5,7,10-11,14-15H,4,6,8-9H2,1-3H3,(H,20,21,22)/t15-/m0/s1. The van der Waals surface area contributed by atoms with Gasteiger partial charge in [-0.25, -0.2) is 9.97 Å². The summed E-state index contributed by atoms with van der Waals surface area (Å²) in [4.78, 5) is 13.9. The summed E-state index contributed by atoms with van der Waals surface area (Å²) in [5.74, 6) is 1.36. The van der Waals surface area contributed by atoms with Crippen molar-refractivity contribution in [3.05, 3.63) is 47.0 Å². The number of anilines is 1. The first kappa shape index (κ1) is 14.9. The van der Waals surface area contributed by atoms with Crippen LogP contribution in [0.1, 0.15) is 67.3 Å². The largest absolute Gasteiger partial charge is 0.346 e. The highest BCUT2D eigenvalue weighted by molar-refractivity contribution is 5.33. The van der Waals surface area contributed by atoms with E-state index in [2.05, 4.69) is 40.4 Å². The van der Waals surface area contributed by atoms with Gasteiger partial charge in [0.1, 0.15) is 0 Å². The zero-order chi connectivity index (χ0) is 15.5. The van der Waals surface area contributed by atoms with E-state index >= 15 is 0 Å². The third-order valence-corrected chi connectivity index (χ3v) is 4.38. The summed E-state index contributed by atoms with van der Waals surface area (Å²) < 4.78 is 0. The van der Waals surface area contributed by atoms with Crippen LogP contribution in [-0.2, 0) is 0 Å². The molecule has 0 aliphatic heterocycles. The second kappa shape index (κ2) is 6.42. The van der Waals surface area contributed by atoms with Crippen LogP contribution in [0.2, 0.25) is 0 Å². The smallest absolute Gasteiger partial charge is 0.223 e. The van der Waals surface area contributed by atoms with E-state index in [4.69, 9.17) is 4.98 Å². The molecule has 0 spiro atoms. The van der Waals surface area contributed by atoms with E-state index < -0.39 is 0 Å². The van der Waals surface area contributed by atoms with Gasteiger partial charge >= 0.3 is 0 Å². The Kier molecular flexibility index (Phi) is 4.36. The minimum atomic E-state index is 0.149. The molecule has 1 atom stereocenters. The third kappa shape index (κ3) is 3.26. The highest BCUT2D eigenvalue weighted by Crippen LogP contribution is 2.35. The van der Waals surface area contributed by atoms with Gasteiger partial charge in [-0.05, 0) is 51.3 Å². The van der Waals surface area contributed by atoms with Gasteiger partial charge in [0.15, 0.2) is 0 Å². The van der Waals surface area contributed by atoms with E-state index in [-0.39, 0.29) is 6.04 Å². The molecule has 4 heteroatoms. The van der Waals surface area contributed by atoms with Gasteiger partial charge in [-0.1, -0.05) is 19.4 Å². The quantitative estimate of drug-likeness (QED) is 0.892. The van der Waals surface area contributed by atoms with Crippen molar-refractivity contribution in [1.29, 1.82) is 0 Å². The van der Waals surface area contributed by atoms with Gasteiger partial charge in [0.2, 0.25) is 5.95 Å². The van der Waals surface area contributed by atoms with Crippen LogP contribution in [0.3, 0.4) is 0 Å². The van der Waals surface area contributed by atoms with E-state index in [0.29, 0.717) is 5.92 Å². The van der Waals surface area contributed by atoms with Crippen LogP contribution in [-0.4, -0.2) is 15.0 Å². The Morgan fingerprint density at radius 1 is 1.14 bits per heavy atom. The molecule has 0 amide bonds. The van der Waals surface area contributed by atoms with Crippen LogP contribution in [0.15, 0.2) is 24.3 Å². The predicted octanol–water partition coefficient (Wildman–Crippen LogP) is 4.32. The van der Waals surface area contributed by atoms with Gasteiger partial charge in [0.25, 0.3) is 0 Å². The van der Waals surface area contributed by atoms with Crippen LogP contribution in [0.5, 0.6) is 0 Å². The van der Waals surface area contributed by atoms with E-state index in [1.54, 1.807) is 0 Å². The molecule has 2 aromatic heterocycles. The first-order valence-electron chi connectivity index (χ1n) is 8.21. The molecule has 4 nitrogen and oxygen atoms in total. The molecular formula is C18H24N4. The zero-order valence-corrected chi connectivity index (χ0v) is 13.6. The maximum absolute atomic E-state index is 4.74. The fourth-order valence-corrected chi connectivity index (χ4v) is 2.87. The average Bonchev–Trinajstić information content (AvgIpc) is 2.42. The van der Waals surface area contributed by atoms with E-state index in [0.717, 1.165) is 29.5 Å². The van der Waals surface area contributed by atoms with Crippen molar-refractivity contribution in [3.8, 4) is 0 Å². The number of pyridine rings is 1. The maximum atomic E-state index is 4.74. The van der Waals surface area contributed by atoms with Crippen molar-refractivity contribution in [2.45, 2.75) is 58.4 Å². The van der Waals surface area contributed by atoms with Gasteiger partial charge in [-0.2, -0.15) is 0 Å². The normalized spacial score (nSPS) is 16.1. The maximum Gasteiger partial charge on any atom is 0.223 e. The lowest BCUT2D eigenvalue weighted by molar-refractivity contribution is 0.410. The van der Waals surface area contributed by atoms with Gasteiger partial charge in [-0.15, -0.1) is 0 Å². The number of nitrogens with one attached hydrogen (secondary N) is 1. The Morgan fingerprint density at radius 3 is 2.59 bits per heavy atom. The first-order chi connectivity index (χ1) is 10.7. The number of hydrogen-bond donors (Lipinski definition) is 1. The topological polar surface area (TPSA) is 50.7 Å². The Morgan fingerprint density at radius 2 is 1.95 bits per heavy atom. The lowest BCUT2D eigenvalue weighted by Crippen LogP contribution is -2.17. The second-order valence-corrected chi connectivity index (χ2v) is 6.19. The number of rotatable bonds is 5. The molecule has 0 saturated heterocycles. The van der Waals surface area contributed by atoms with Crippen LogP contribution in [0, 0.1) is 13.8 Å². The number of nitrogens with zero attached hydrogens (tertiary/aromatic N) is 3. The molecule has 22 heavy (non-hydrogen) atoms. The minimum Gasteiger partial charge on any atom is -0.346 e. The third-order valence-electron chi connectivity index (χ3n) is 4.38. The Labute approximate surface area is 132 Å². The van der Waals surface area contributed by atoms with Crippen molar-refractivity contribution in [2.24, 2.45) is 0 Å². The molecular weight excluding hydrogens is 272 g/mol. The monoisotopic (exact) mass is 296 g/mol. The van der Waals surface area contributed by atoms with Crippen LogP contribution in [0.25, 0.3) is 0 Å². The Balaban J connectivity index is 1.82. The molecule has 0 aromatic carbocycles. The van der Waals surface area contributed by atoms with Gasteiger partial charge in [0, 0.05) is 23.0 Å². The molecule has 1 aliphatic carbocycles. The summed E-state index contributed by atoms with van der Waals surface area (Å²) in [7, 11) is 0. The van der Waals surface area contributed by atoms with E-state index in [1.165, 1.54) is 25.0 Å². The van der Waals surface area contributed by atoms with E-state index in [1.807, 2.05) is 19.9 Å². The summed E-state index contributed by atoms with van der Waals surface area (Å²) in [5, 5.41) is 3.47. The van der Waals surface area contributed by atoms with Crippen molar-refractivity contribution in [3.63, 3.8) is 0 Å². The molecule has 116 valence electrons. The van der Waals surface area contributed by atoms with Crippen molar-refractivity contribution >= 4 is 5.95 Å². The fraction of sp³-hybridized carbons (Fsp3) is 0.500. The van der Waals surface area contributed by atoms with Gasteiger partial charge in [0.05, 0.1) is 11.7 Å². The Bertz CT molecular complexity index is 649. The van der Waals surface area contributed by atoms with Gasteiger partial charge in [-0.3, -0.25) is 4.98 Å². The second-order valence-electron chi connectivity index (χ2n) is 6.19. The van der Waals surface area contributed by atoms with Gasteiger partial charge < -0.3 is 5.32 Å². The van der Waals surface area contributed by atoms with Crippen molar-refractivity contribution in [2.75, 3.05) is 5.32 Å². The molecule has 0 unspecified atom stereocenters. The molecule has 3 rings (SSSR count). The summed E-state index contributed by atoms with van der Waals surface area (Å²) >= 11 is 0. The predicted molar refractivity (Wildman–Crippen MR) is 89.0 cm³/mol. The SMILES string of the molecule is CC[C@H](Nc1nc(C)cc(C2CCC2)n1)c1cccc(C)n1. The molecule has 2 heterocycles. The molecule has 0 radical (unpaired) electrons. The molecule has 2 aromatic rings. The molecule has 1 fully saturated rings. The average molecular weight is 296 g/mol. The first-order valence-corrected chi connectivity index (χ1v) is 8.21. The van der Waals surface area contributed by atoms with Crippen LogP contribution >= 0.6 is 0 Å². The molecule has 1 N–H and O–H groups in total. The lowest BCUT2D eigenvalue weighted by Gasteiger charge is -2.25. The Hall–Kier alpha value is -1.97. The fourth-order valence-electron chi connectivity index (χ4n) is 2.87. The zero-order valence-electron chi connectivity index (χ0n) is 13.6. The van der Waals surface area contributed by atoms with Crippen LogP contribution < -0.4 is 5.32 Å². The number of aromatic nitrogens is 3. The minimum absolute atomic E-state index is 0.149. The highest BCUT2D eigenvalue weighted by atomic mass is 15.1. The summed E-state index contributed by atoms with van der Waals surface area (Å²) in [6, 6.07) is 8.42. The van der Waals surface area contributed by atoms with Crippen LogP contribution in [0.4, 0.5) is 5.95 Å². The van der Waals surface area contributed by atoms with Crippen molar-refractivity contribution < 1.29 is 0 Å². The lowest BCUT2D eigenvalue weighted by atomic mass is 9.83. The van der Waals surface area contributed by atoms with Crippen molar-refractivity contribution in [1.82, 2.24) is 15.0 Å². The molecule has 0 bridgehead atoms. The molecule has 1 aliphatic rings.